The second-order valence-electron chi connectivity index (χ2n) is 6.04. The van der Waals surface area contributed by atoms with Crippen LogP contribution in [0.4, 0.5) is 4.39 Å². The number of benzene rings is 2. The summed E-state index contributed by atoms with van der Waals surface area (Å²) in [6.45, 7) is 6.52. The highest BCUT2D eigenvalue weighted by Crippen LogP contribution is 2.32. The molecule has 1 aromatic heterocycles. The Morgan fingerprint density at radius 1 is 1.05 bits per heavy atom. The zero-order valence-corrected chi connectivity index (χ0v) is 11.9. The van der Waals surface area contributed by atoms with Gasteiger partial charge in [-0.2, -0.15) is 0 Å². The molecule has 3 heteroatoms. The highest BCUT2D eigenvalue weighted by Gasteiger charge is 2.19. The van der Waals surface area contributed by atoms with Gasteiger partial charge in [0, 0.05) is 5.56 Å². The van der Waals surface area contributed by atoms with Crippen molar-refractivity contribution < 1.29 is 4.39 Å². The minimum atomic E-state index is -0.253. The van der Waals surface area contributed by atoms with Crippen molar-refractivity contribution >= 4 is 11.0 Å². The quantitative estimate of drug-likeness (QED) is 0.682. The molecule has 0 fully saturated rings. The third-order valence-electron chi connectivity index (χ3n) is 3.43. The predicted molar refractivity (Wildman–Crippen MR) is 80.2 cm³/mol. The topological polar surface area (TPSA) is 28.7 Å². The molecular formula is C17H17FN2. The number of H-pyrrole nitrogens is 1. The lowest BCUT2D eigenvalue weighted by molar-refractivity contribution is 0.591. The lowest BCUT2D eigenvalue weighted by Crippen LogP contribution is -2.12. The molecule has 0 atom stereocenters. The van der Waals surface area contributed by atoms with E-state index < -0.39 is 0 Å². The minimum Gasteiger partial charge on any atom is -0.338 e. The fraction of sp³-hybridized carbons (Fsp3) is 0.235. The number of halogens is 1. The molecule has 0 amide bonds. The van der Waals surface area contributed by atoms with Crippen molar-refractivity contribution in [3.8, 4) is 11.4 Å². The molecule has 0 bridgehead atoms. The van der Waals surface area contributed by atoms with Gasteiger partial charge >= 0.3 is 0 Å². The second kappa shape index (κ2) is 4.44. The molecule has 0 spiro atoms. The van der Waals surface area contributed by atoms with Crippen LogP contribution in [0.5, 0.6) is 0 Å². The maximum Gasteiger partial charge on any atom is 0.138 e. The summed E-state index contributed by atoms with van der Waals surface area (Å²) in [7, 11) is 0. The van der Waals surface area contributed by atoms with E-state index in [1.165, 1.54) is 17.7 Å². The molecule has 3 rings (SSSR count). The SMILES string of the molecule is CC(C)(C)c1ccccc1-c1nc2ccc(F)cc2[nH]1. The molecule has 1 N–H and O–H groups in total. The van der Waals surface area contributed by atoms with E-state index >= 15 is 0 Å². The molecule has 2 aromatic carbocycles. The molecule has 0 aliphatic heterocycles. The van der Waals surface area contributed by atoms with Crippen LogP contribution in [0.25, 0.3) is 22.4 Å². The molecule has 2 nitrogen and oxygen atoms in total. The zero-order chi connectivity index (χ0) is 14.3. The Labute approximate surface area is 117 Å². The van der Waals surface area contributed by atoms with Crippen LogP contribution >= 0.6 is 0 Å². The predicted octanol–water partition coefficient (Wildman–Crippen LogP) is 4.67. The molecular weight excluding hydrogens is 251 g/mol. The number of hydrogen-bond donors (Lipinski definition) is 1. The smallest absolute Gasteiger partial charge is 0.138 e. The van der Waals surface area contributed by atoms with Gasteiger partial charge in [0.05, 0.1) is 11.0 Å². The summed E-state index contributed by atoms with van der Waals surface area (Å²) >= 11 is 0. The van der Waals surface area contributed by atoms with Crippen LogP contribution < -0.4 is 0 Å². The average molecular weight is 268 g/mol. The van der Waals surface area contributed by atoms with Crippen LogP contribution in [-0.4, -0.2) is 9.97 Å². The monoisotopic (exact) mass is 268 g/mol. The standard InChI is InChI=1S/C17H17FN2/c1-17(2,3)13-7-5-4-6-12(13)16-19-14-9-8-11(18)10-15(14)20-16/h4-10H,1-3H3,(H,19,20). The average Bonchev–Trinajstić information content (AvgIpc) is 2.80. The van der Waals surface area contributed by atoms with E-state index in [1.54, 1.807) is 6.07 Å². The van der Waals surface area contributed by atoms with Crippen LogP contribution in [0, 0.1) is 5.82 Å². The van der Waals surface area contributed by atoms with E-state index in [0.717, 1.165) is 22.4 Å². The molecule has 0 saturated carbocycles. The van der Waals surface area contributed by atoms with Gasteiger partial charge in [0.1, 0.15) is 11.6 Å². The van der Waals surface area contributed by atoms with E-state index in [4.69, 9.17) is 0 Å². The van der Waals surface area contributed by atoms with Crippen LogP contribution in [0.1, 0.15) is 26.3 Å². The van der Waals surface area contributed by atoms with Crippen molar-refractivity contribution in [2.45, 2.75) is 26.2 Å². The Balaban J connectivity index is 2.21. The Morgan fingerprint density at radius 3 is 2.55 bits per heavy atom. The number of imidazole rings is 1. The molecule has 0 radical (unpaired) electrons. The summed E-state index contributed by atoms with van der Waals surface area (Å²) in [5.41, 5.74) is 3.82. The summed E-state index contributed by atoms with van der Waals surface area (Å²) in [6, 6.07) is 12.8. The molecule has 20 heavy (non-hydrogen) atoms. The number of hydrogen-bond acceptors (Lipinski definition) is 1. The maximum atomic E-state index is 13.3. The maximum absolute atomic E-state index is 13.3. The van der Waals surface area contributed by atoms with E-state index in [2.05, 4.69) is 42.9 Å². The lowest BCUT2D eigenvalue weighted by atomic mass is 9.83. The third kappa shape index (κ3) is 2.20. The summed E-state index contributed by atoms with van der Waals surface area (Å²) in [5.74, 6) is 0.535. The Kier molecular flexibility index (Phi) is 2.85. The first kappa shape index (κ1) is 12.9. The van der Waals surface area contributed by atoms with Gasteiger partial charge in [-0.3, -0.25) is 0 Å². The minimum absolute atomic E-state index is 0.0286. The Hall–Kier alpha value is -2.16. The van der Waals surface area contributed by atoms with E-state index in [9.17, 15) is 4.39 Å². The van der Waals surface area contributed by atoms with E-state index in [1.807, 2.05) is 12.1 Å². The van der Waals surface area contributed by atoms with Crippen LogP contribution in [0.15, 0.2) is 42.5 Å². The normalized spacial score (nSPS) is 12.0. The van der Waals surface area contributed by atoms with Crippen molar-refractivity contribution in [3.63, 3.8) is 0 Å². The first-order valence-corrected chi connectivity index (χ1v) is 6.70. The van der Waals surface area contributed by atoms with Crippen molar-refractivity contribution in [2.75, 3.05) is 0 Å². The van der Waals surface area contributed by atoms with Gasteiger partial charge in [-0.05, 0) is 29.2 Å². The largest absolute Gasteiger partial charge is 0.338 e. The first-order valence-electron chi connectivity index (χ1n) is 6.70. The van der Waals surface area contributed by atoms with Gasteiger partial charge in [0.15, 0.2) is 0 Å². The van der Waals surface area contributed by atoms with Crippen molar-refractivity contribution in [3.05, 3.63) is 53.8 Å². The summed E-state index contributed by atoms with van der Waals surface area (Å²) < 4.78 is 13.3. The van der Waals surface area contributed by atoms with Gasteiger partial charge in [-0.25, -0.2) is 9.37 Å². The fourth-order valence-electron chi connectivity index (χ4n) is 2.45. The molecule has 0 aliphatic carbocycles. The molecule has 0 aliphatic rings. The van der Waals surface area contributed by atoms with Crippen LogP contribution in [0.3, 0.4) is 0 Å². The molecule has 1 heterocycles. The lowest BCUT2D eigenvalue weighted by Gasteiger charge is -2.21. The van der Waals surface area contributed by atoms with Crippen molar-refractivity contribution in [1.29, 1.82) is 0 Å². The van der Waals surface area contributed by atoms with Crippen LogP contribution in [-0.2, 0) is 5.41 Å². The highest BCUT2D eigenvalue weighted by molar-refractivity contribution is 5.80. The fourth-order valence-corrected chi connectivity index (χ4v) is 2.45. The molecule has 3 aromatic rings. The zero-order valence-electron chi connectivity index (χ0n) is 11.9. The number of nitrogens with one attached hydrogen (secondary N) is 1. The van der Waals surface area contributed by atoms with E-state index in [0.29, 0.717) is 0 Å². The number of fused-ring (bicyclic) bond motifs is 1. The van der Waals surface area contributed by atoms with Gasteiger partial charge < -0.3 is 4.98 Å². The Bertz CT molecular complexity index is 766. The van der Waals surface area contributed by atoms with E-state index in [-0.39, 0.29) is 11.2 Å². The summed E-state index contributed by atoms with van der Waals surface area (Å²) in [4.78, 5) is 7.79. The van der Waals surface area contributed by atoms with Gasteiger partial charge in [0.25, 0.3) is 0 Å². The molecule has 0 unspecified atom stereocenters. The Morgan fingerprint density at radius 2 is 1.80 bits per heavy atom. The first-order chi connectivity index (χ1) is 9.45. The van der Waals surface area contributed by atoms with Crippen molar-refractivity contribution in [2.24, 2.45) is 0 Å². The molecule has 102 valence electrons. The van der Waals surface area contributed by atoms with Crippen LogP contribution in [0.2, 0.25) is 0 Å². The summed E-state index contributed by atoms with van der Waals surface area (Å²) in [6.07, 6.45) is 0. The van der Waals surface area contributed by atoms with Gasteiger partial charge in [-0.15, -0.1) is 0 Å². The van der Waals surface area contributed by atoms with Gasteiger partial charge in [0.2, 0.25) is 0 Å². The van der Waals surface area contributed by atoms with Crippen molar-refractivity contribution in [1.82, 2.24) is 9.97 Å². The number of aromatic nitrogens is 2. The van der Waals surface area contributed by atoms with Gasteiger partial charge in [-0.1, -0.05) is 45.0 Å². The number of aromatic amines is 1. The third-order valence-corrected chi connectivity index (χ3v) is 3.43. The highest BCUT2D eigenvalue weighted by atomic mass is 19.1. The number of rotatable bonds is 1. The molecule has 0 saturated heterocycles. The second-order valence-corrected chi connectivity index (χ2v) is 6.04. The number of nitrogens with zero attached hydrogens (tertiary/aromatic N) is 1. The summed E-state index contributed by atoms with van der Waals surface area (Å²) in [5, 5.41) is 0.